The molecule has 1 unspecified atom stereocenters. The summed E-state index contributed by atoms with van der Waals surface area (Å²) in [5.74, 6) is -0.0779. The minimum absolute atomic E-state index is 0.0102. The Hall–Kier alpha value is -2.39. The van der Waals surface area contributed by atoms with Gasteiger partial charge in [-0.3, -0.25) is 9.63 Å². The molecule has 0 saturated carbocycles. The van der Waals surface area contributed by atoms with Crippen LogP contribution in [0.1, 0.15) is 36.5 Å². The quantitative estimate of drug-likeness (QED) is 0.426. The SMILES string of the molecule is CCC[C@@H]1[C@H](OC)C(CONC(=O)c2ccc(N)c(Cl)c2)CCN1Oc1ccc(F)cc1. The van der Waals surface area contributed by atoms with E-state index in [1.165, 1.54) is 18.2 Å². The number of hydroxylamine groups is 3. The third kappa shape index (κ3) is 6.10. The van der Waals surface area contributed by atoms with Crippen LogP contribution in [0.25, 0.3) is 0 Å². The molecule has 1 amide bonds. The molecule has 2 aromatic carbocycles. The number of nitrogens with zero attached hydrogens (tertiary/aromatic N) is 1. The summed E-state index contributed by atoms with van der Waals surface area (Å²) in [5, 5.41) is 2.21. The van der Waals surface area contributed by atoms with Gasteiger partial charge in [0.05, 0.1) is 29.5 Å². The molecule has 1 heterocycles. The van der Waals surface area contributed by atoms with Crippen LogP contribution in [-0.2, 0) is 9.57 Å². The molecule has 0 radical (unpaired) electrons. The maximum atomic E-state index is 13.2. The van der Waals surface area contributed by atoms with E-state index in [-0.39, 0.29) is 30.5 Å². The van der Waals surface area contributed by atoms with Crippen LogP contribution in [0.3, 0.4) is 0 Å². The average molecular weight is 466 g/mol. The number of halogens is 2. The van der Waals surface area contributed by atoms with Gasteiger partial charge in [0.15, 0.2) is 0 Å². The second-order valence-electron chi connectivity index (χ2n) is 7.77. The Morgan fingerprint density at radius 3 is 2.69 bits per heavy atom. The average Bonchev–Trinajstić information content (AvgIpc) is 2.78. The molecule has 3 atom stereocenters. The van der Waals surface area contributed by atoms with E-state index in [1.54, 1.807) is 31.4 Å². The molecule has 1 aliphatic rings. The number of nitrogen functional groups attached to an aromatic ring is 1. The zero-order valence-corrected chi connectivity index (χ0v) is 19.0. The fraction of sp³-hybridized carbons (Fsp3) is 0.435. The largest absolute Gasteiger partial charge is 0.406 e. The Labute approximate surface area is 192 Å². The molecule has 3 rings (SSSR count). The summed E-state index contributed by atoms with van der Waals surface area (Å²) in [7, 11) is 1.66. The molecule has 0 aliphatic carbocycles. The highest BCUT2D eigenvalue weighted by Gasteiger charge is 2.39. The number of piperidine rings is 1. The number of carbonyl (C=O) groups excluding carboxylic acids is 1. The monoisotopic (exact) mass is 465 g/mol. The Morgan fingerprint density at radius 1 is 1.28 bits per heavy atom. The third-order valence-corrected chi connectivity index (χ3v) is 5.88. The van der Waals surface area contributed by atoms with E-state index in [4.69, 9.17) is 31.7 Å². The van der Waals surface area contributed by atoms with E-state index in [0.29, 0.717) is 28.6 Å². The van der Waals surface area contributed by atoms with Crippen molar-refractivity contribution in [2.75, 3.05) is 26.0 Å². The van der Waals surface area contributed by atoms with Crippen molar-refractivity contribution in [3.8, 4) is 5.75 Å². The Balaban J connectivity index is 1.59. The number of anilines is 1. The van der Waals surface area contributed by atoms with Crippen LogP contribution < -0.4 is 16.1 Å². The molecule has 32 heavy (non-hydrogen) atoms. The van der Waals surface area contributed by atoms with Crippen molar-refractivity contribution in [1.82, 2.24) is 10.5 Å². The predicted molar refractivity (Wildman–Crippen MR) is 121 cm³/mol. The number of carbonyl (C=O) groups is 1. The van der Waals surface area contributed by atoms with Crippen molar-refractivity contribution in [2.24, 2.45) is 5.92 Å². The number of nitrogens with one attached hydrogen (secondary N) is 1. The van der Waals surface area contributed by atoms with Crippen LogP contribution in [0.4, 0.5) is 10.1 Å². The van der Waals surface area contributed by atoms with E-state index in [9.17, 15) is 9.18 Å². The molecule has 2 aromatic rings. The molecule has 7 nitrogen and oxygen atoms in total. The van der Waals surface area contributed by atoms with Gasteiger partial charge in [0.1, 0.15) is 11.6 Å². The predicted octanol–water partition coefficient (Wildman–Crippen LogP) is 4.22. The zero-order chi connectivity index (χ0) is 23.1. The Morgan fingerprint density at radius 2 is 2.03 bits per heavy atom. The van der Waals surface area contributed by atoms with Crippen molar-refractivity contribution >= 4 is 23.2 Å². The lowest BCUT2D eigenvalue weighted by atomic mass is 9.87. The van der Waals surface area contributed by atoms with E-state index >= 15 is 0 Å². The molecule has 0 bridgehead atoms. The highest BCUT2D eigenvalue weighted by Crippen LogP contribution is 2.30. The first-order valence-electron chi connectivity index (χ1n) is 10.6. The molecule has 0 aromatic heterocycles. The minimum atomic E-state index is -0.400. The lowest BCUT2D eigenvalue weighted by Crippen LogP contribution is -2.55. The second kappa shape index (κ2) is 11.5. The maximum Gasteiger partial charge on any atom is 0.274 e. The van der Waals surface area contributed by atoms with Crippen molar-refractivity contribution in [1.29, 1.82) is 0 Å². The van der Waals surface area contributed by atoms with Gasteiger partial charge < -0.3 is 15.3 Å². The third-order valence-electron chi connectivity index (χ3n) is 5.55. The summed E-state index contributed by atoms with van der Waals surface area (Å²) in [6, 6.07) is 10.6. The summed E-state index contributed by atoms with van der Waals surface area (Å²) in [6.07, 6.45) is 2.37. The van der Waals surface area contributed by atoms with Gasteiger partial charge >= 0.3 is 0 Å². The Kier molecular flexibility index (Phi) is 8.69. The van der Waals surface area contributed by atoms with Gasteiger partial charge in [0, 0.05) is 25.1 Å². The molecule has 3 N–H and O–H groups in total. The zero-order valence-electron chi connectivity index (χ0n) is 18.2. The lowest BCUT2D eigenvalue weighted by molar-refractivity contribution is -0.184. The van der Waals surface area contributed by atoms with Gasteiger partial charge in [0.2, 0.25) is 0 Å². The molecule has 1 aliphatic heterocycles. The number of hydrogen-bond donors (Lipinski definition) is 2. The highest BCUT2D eigenvalue weighted by molar-refractivity contribution is 6.33. The van der Waals surface area contributed by atoms with E-state index < -0.39 is 5.91 Å². The van der Waals surface area contributed by atoms with Crippen molar-refractivity contribution in [2.45, 2.75) is 38.3 Å². The summed E-state index contributed by atoms with van der Waals surface area (Å²) in [5.41, 5.74) is 8.91. The molecular formula is C23H29ClFN3O4. The summed E-state index contributed by atoms with van der Waals surface area (Å²) in [6.45, 7) is 3.04. The van der Waals surface area contributed by atoms with Crippen LogP contribution in [0.5, 0.6) is 5.75 Å². The first-order chi connectivity index (χ1) is 15.4. The number of amides is 1. The van der Waals surface area contributed by atoms with Crippen LogP contribution in [0, 0.1) is 11.7 Å². The van der Waals surface area contributed by atoms with Gasteiger partial charge in [-0.1, -0.05) is 24.9 Å². The number of methoxy groups -OCH3 is 1. The van der Waals surface area contributed by atoms with E-state index in [1.807, 2.05) is 5.06 Å². The van der Waals surface area contributed by atoms with E-state index in [0.717, 1.165) is 19.3 Å². The number of nitrogens with two attached hydrogens (primary N) is 1. The summed E-state index contributed by atoms with van der Waals surface area (Å²) >= 11 is 5.98. The first kappa shape index (κ1) is 24.3. The summed E-state index contributed by atoms with van der Waals surface area (Å²) < 4.78 is 19.0. The molecule has 0 spiro atoms. The fourth-order valence-corrected chi connectivity index (χ4v) is 4.10. The second-order valence-corrected chi connectivity index (χ2v) is 8.18. The lowest BCUT2D eigenvalue weighted by Gasteiger charge is -2.43. The van der Waals surface area contributed by atoms with Gasteiger partial charge in [-0.05, 0) is 55.3 Å². The number of benzene rings is 2. The van der Waals surface area contributed by atoms with Crippen LogP contribution in [0.2, 0.25) is 5.02 Å². The molecule has 1 fully saturated rings. The van der Waals surface area contributed by atoms with Crippen molar-refractivity contribution in [3.63, 3.8) is 0 Å². The van der Waals surface area contributed by atoms with Crippen LogP contribution in [-0.4, -0.2) is 43.4 Å². The van der Waals surface area contributed by atoms with E-state index in [2.05, 4.69) is 12.4 Å². The standard InChI is InChI=1S/C23H29ClFN3O4/c1-3-4-21-22(30-2)16(11-12-28(21)32-18-8-6-17(25)7-9-18)14-31-27-23(29)15-5-10-20(26)19(24)13-15/h5-10,13,16,21-22H,3-4,11-12,14,26H2,1-2H3,(H,27,29)/t16?,21-,22-/m1/s1. The number of ether oxygens (including phenoxy) is 1. The Bertz CT molecular complexity index is 899. The van der Waals surface area contributed by atoms with Crippen LogP contribution >= 0.6 is 11.6 Å². The van der Waals surface area contributed by atoms with Gasteiger partial charge in [-0.2, -0.15) is 0 Å². The minimum Gasteiger partial charge on any atom is -0.406 e. The number of rotatable bonds is 9. The van der Waals surface area contributed by atoms with Crippen LogP contribution in [0.15, 0.2) is 42.5 Å². The van der Waals surface area contributed by atoms with Gasteiger partial charge in [-0.15, -0.1) is 5.06 Å². The maximum absolute atomic E-state index is 13.2. The normalized spacial score (nSPS) is 21.3. The topological polar surface area (TPSA) is 86.0 Å². The molecule has 9 heteroatoms. The highest BCUT2D eigenvalue weighted by atomic mass is 35.5. The number of hydrogen-bond acceptors (Lipinski definition) is 6. The smallest absolute Gasteiger partial charge is 0.274 e. The molecule has 1 saturated heterocycles. The molecular weight excluding hydrogens is 437 g/mol. The van der Waals surface area contributed by atoms with Gasteiger partial charge in [-0.25, -0.2) is 9.87 Å². The summed E-state index contributed by atoms with van der Waals surface area (Å²) in [4.78, 5) is 23.9. The first-order valence-corrected chi connectivity index (χ1v) is 11.0. The van der Waals surface area contributed by atoms with Gasteiger partial charge in [0.25, 0.3) is 5.91 Å². The fourth-order valence-electron chi connectivity index (χ4n) is 3.92. The van der Waals surface area contributed by atoms with Crippen molar-refractivity contribution < 1.29 is 23.6 Å². The van der Waals surface area contributed by atoms with Crippen molar-refractivity contribution in [3.05, 3.63) is 58.9 Å². The molecule has 174 valence electrons.